The summed E-state index contributed by atoms with van der Waals surface area (Å²) in [7, 11) is 1.80. The van der Waals surface area contributed by atoms with Gasteiger partial charge in [-0.3, -0.25) is 4.79 Å². The van der Waals surface area contributed by atoms with Crippen molar-refractivity contribution < 1.29 is 10.0 Å². The van der Waals surface area contributed by atoms with Crippen LogP contribution in [0.5, 0.6) is 0 Å². The number of hydrogen-bond donors (Lipinski definition) is 2. The van der Waals surface area contributed by atoms with E-state index in [1.54, 1.807) is 11.9 Å². The lowest BCUT2D eigenvalue weighted by molar-refractivity contribution is -0.135. The van der Waals surface area contributed by atoms with Crippen LogP contribution in [-0.4, -0.2) is 34.9 Å². The van der Waals surface area contributed by atoms with E-state index >= 15 is 0 Å². The Balaban J connectivity index is 2.78. The molecule has 1 amide bonds. The van der Waals surface area contributed by atoms with Gasteiger partial charge in [-0.1, -0.05) is 19.0 Å². The van der Waals surface area contributed by atoms with Crippen molar-refractivity contribution in [1.29, 1.82) is 0 Å². The fourth-order valence-corrected chi connectivity index (χ4v) is 2.14. The first-order chi connectivity index (χ1) is 7.53. The second-order valence-corrected chi connectivity index (χ2v) is 4.45. The van der Waals surface area contributed by atoms with Crippen molar-refractivity contribution in [2.45, 2.75) is 45.6 Å². The molecule has 0 bridgehead atoms. The molecule has 0 aliphatic heterocycles. The fourth-order valence-electron chi connectivity index (χ4n) is 2.14. The van der Waals surface area contributed by atoms with Gasteiger partial charge in [0.15, 0.2) is 5.84 Å². The van der Waals surface area contributed by atoms with Crippen LogP contribution in [0.4, 0.5) is 0 Å². The molecule has 16 heavy (non-hydrogen) atoms. The van der Waals surface area contributed by atoms with Crippen LogP contribution in [0.1, 0.15) is 39.5 Å². The third kappa shape index (κ3) is 1.99. The summed E-state index contributed by atoms with van der Waals surface area (Å²) < 4.78 is 0. The minimum absolute atomic E-state index is 0.0171. The van der Waals surface area contributed by atoms with E-state index in [9.17, 15) is 4.79 Å². The van der Waals surface area contributed by atoms with Gasteiger partial charge in [0.2, 0.25) is 5.91 Å². The Morgan fingerprint density at radius 2 is 2.00 bits per heavy atom. The number of carbonyl (C=O) groups excluding carboxylic acids is 1. The normalized spacial score (nSPS) is 18.6. The van der Waals surface area contributed by atoms with Gasteiger partial charge in [0, 0.05) is 13.1 Å². The molecule has 0 spiro atoms. The van der Waals surface area contributed by atoms with Crippen LogP contribution in [0.25, 0.3) is 0 Å². The maximum absolute atomic E-state index is 12.2. The minimum Gasteiger partial charge on any atom is -0.409 e. The van der Waals surface area contributed by atoms with Gasteiger partial charge in [-0.05, 0) is 25.7 Å². The Hall–Kier alpha value is -1.26. The van der Waals surface area contributed by atoms with E-state index in [-0.39, 0.29) is 17.8 Å². The van der Waals surface area contributed by atoms with Crippen molar-refractivity contribution in [3.8, 4) is 0 Å². The lowest BCUT2D eigenvalue weighted by atomic mass is 10.0. The Morgan fingerprint density at radius 1 is 1.50 bits per heavy atom. The van der Waals surface area contributed by atoms with E-state index in [0.717, 1.165) is 12.8 Å². The van der Waals surface area contributed by atoms with Gasteiger partial charge < -0.3 is 15.8 Å². The highest BCUT2D eigenvalue weighted by Gasteiger charge is 2.55. The molecule has 5 nitrogen and oxygen atoms in total. The molecule has 0 aromatic carbocycles. The molecule has 0 aromatic rings. The monoisotopic (exact) mass is 227 g/mol. The highest BCUT2D eigenvalue weighted by atomic mass is 16.4. The van der Waals surface area contributed by atoms with Crippen LogP contribution in [0.15, 0.2) is 5.16 Å². The summed E-state index contributed by atoms with van der Waals surface area (Å²) in [6, 6.07) is 0.233. The lowest BCUT2D eigenvalue weighted by Gasteiger charge is -2.29. The summed E-state index contributed by atoms with van der Waals surface area (Å²) in [6.07, 6.45) is 3.22. The summed E-state index contributed by atoms with van der Waals surface area (Å²) in [5.41, 5.74) is 4.87. The highest BCUT2D eigenvalue weighted by molar-refractivity contribution is 6.09. The van der Waals surface area contributed by atoms with E-state index in [0.29, 0.717) is 12.8 Å². The summed E-state index contributed by atoms with van der Waals surface area (Å²) >= 11 is 0. The van der Waals surface area contributed by atoms with E-state index in [4.69, 9.17) is 10.9 Å². The van der Waals surface area contributed by atoms with Crippen molar-refractivity contribution in [3.63, 3.8) is 0 Å². The first-order valence-electron chi connectivity index (χ1n) is 5.78. The van der Waals surface area contributed by atoms with Crippen molar-refractivity contribution in [2.24, 2.45) is 16.3 Å². The maximum atomic E-state index is 12.2. The van der Waals surface area contributed by atoms with Gasteiger partial charge in [0.05, 0.1) is 0 Å². The number of nitrogens with two attached hydrogens (primary N) is 1. The third-order valence-electron chi connectivity index (χ3n) is 3.57. The zero-order chi connectivity index (χ0) is 12.3. The Labute approximate surface area is 96.3 Å². The predicted molar refractivity (Wildman–Crippen MR) is 62.2 cm³/mol. The molecule has 0 unspecified atom stereocenters. The summed E-state index contributed by atoms with van der Waals surface area (Å²) in [6.45, 7) is 4.11. The molecule has 1 rings (SSSR count). The minimum atomic E-state index is -0.716. The summed E-state index contributed by atoms with van der Waals surface area (Å²) in [5, 5.41) is 11.7. The second kappa shape index (κ2) is 4.72. The van der Waals surface area contributed by atoms with Gasteiger partial charge in [-0.25, -0.2) is 0 Å². The molecule has 1 fully saturated rings. The molecule has 0 saturated heterocycles. The van der Waals surface area contributed by atoms with Gasteiger partial charge in [-0.2, -0.15) is 0 Å². The first-order valence-corrected chi connectivity index (χ1v) is 5.78. The van der Waals surface area contributed by atoms with Crippen molar-refractivity contribution in [3.05, 3.63) is 0 Å². The predicted octanol–water partition coefficient (Wildman–Crippen LogP) is 1.16. The van der Waals surface area contributed by atoms with E-state index < -0.39 is 5.41 Å². The molecule has 1 aliphatic rings. The number of rotatable bonds is 5. The molecule has 1 aliphatic carbocycles. The van der Waals surface area contributed by atoms with Crippen LogP contribution in [-0.2, 0) is 4.79 Å². The molecule has 0 radical (unpaired) electrons. The highest BCUT2D eigenvalue weighted by Crippen LogP contribution is 2.47. The average molecular weight is 227 g/mol. The molecule has 5 heteroatoms. The number of oxime groups is 1. The zero-order valence-corrected chi connectivity index (χ0v) is 10.2. The van der Waals surface area contributed by atoms with Gasteiger partial charge in [0.25, 0.3) is 0 Å². The fraction of sp³-hybridized carbons (Fsp3) is 0.818. The Bertz CT molecular complexity index is 294. The number of amidine groups is 1. The largest absolute Gasteiger partial charge is 0.409 e. The van der Waals surface area contributed by atoms with Crippen LogP contribution in [0.2, 0.25) is 0 Å². The molecular weight excluding hydrogens is 206 g/mol. The van der Waals surface area contributed by atoms with Crippen molar-refractivity contribution in [1.82, 2.24) is 4.90 Å². The number of hydrogen-bond acceptors (Lipinski definition) is 3. The Morgan fingerprint density at radius 3 is 2.31 bits per heavy atom. The quantitative estimate of drug-likeness (QED) is 0.320. The summed E-state index contributed by atoms with van der Waals surface area (Å²) in [5.74, 6) is 0.0341. The number of carbonyl (C=O) groups is 1. The van der Waals surface area contributed by atoms with E-state index in [1.807, 2.05) is 0 Å². The summed E-state index contributed by atoms with van der Waals surface area (Å²) in [4.78, 5) is 14.0. The van der Waals surface area contributed by atoms with Gasteiger partial charge >= 0.3 is 0 Å². The Kier molecular flexibility index (Phi) is 3.78. The van der Waals surface area contributed by atoms with Gasteiger partial charge in [0.1, 0.15) is 5.41 Å². The average Bonchev–Trinajstić information content (AvgIpc) is 3.09. The third-order valence-corrected chi connectivity index (χ3v) is 3.57. The van der Waals surface area contributed by atoms with E-state index in [2.05, 4.69) is 19.0 Å². The molecule has 92 valence electrons. The van der Waals surface area contributed by atoms with Gasteiger partial charge in [-0.15, -0.1) is 0 Å². The topological polar surface area (TPSA) is 78.9 Å². The molecule has 0 atom stereocenters. The zero-order valence-electron chi connectivity index (χ0n) is 10.2. The molecule has 0 aromatic heterocycles. The SMILES string of the molecule is CCC(CC)N(C)C(=O)C1(C(N)=NO)CC1. The van der Waals surface area contributed by atoms with Crippen LogP contribution >= 0.6 is 0 Å². The number of nitrogens with zero attached hydrogens (tertiary/aromatic N) is 2. The first kappa shape index (κ1) is 12.8. The lowest BCUT2D eigenvalue weighted by Crippen LogP contribution is -2.45. The smallest absolute Gasteiger partial charge is 0.236 e. The number of amides is 1. The maximum Gasteiger partial charge on any atom is 0.236 e. The second-order valence-electron chi connectivity index (χ2n) is 4.45. The van der Waals surface area contributed by atoms with E-state index in [1.165, 1.54) is 0 Å². The standard InChI is InChI=1S/C11H21N3O2/c1-4-8(5-2)14(3)10(15)11(6-7-11)9(12)13-16/h8,16H,4-7H2,1-3H3,(H2,12,13). The van der Waals surface area contributed by atoms with Crippen LogP contribution in [0, 0.1) is 5.41 Å². The molecule has 3 N–H and O–H groups in total. The van der Waals surface area contributed by atoms with Crippen LogP contribution in [0.3, 0.4) is 0 Å². The van der Waals surface area contributed by atoms with Crippen molar-refractivity contribution in [2.75, 3.05) is 7.05 Å². The van der Waals surface area contributed by atoms with Crippen LogP contribution < -0.4 is 5.73 Å². The molecular formula is C11H21N3O2. The van der Waals surface area contributed by atoms with Crippen molar-refractivity contribution >= 4 is 11.7 Å². The molecule has 1 saturated carbocycles. The molecule has 0 heterocycles.